The monoisotopic (exact) mass is 268 g/mol. The fourth-order valence-corrected chi connectivity index (χ4v) is 1.98. The third-order valence-corrected chi connectivity index (χ3v) is 3.03. The number of rotatable bonds is 3. The van der Waals surface area contributed by atoms with Crippen molar-refractivity contribution in [2.24, 2.45) is 5.73 Å². The third kappa shape index (κ3) is 2.69. The van der Waals surface area contributed by atoms with E-state index in [1.807, 2.05) is 30.3 Å². The van der Waals surface area contributed by atoms with E-state index in [-0.39, 0.29) is 5.91 Å². The quantitative estimate of drug-likeness (QED) is 0.927. The van der Waals surface area contributed by atoms with Crippen LogP contribution in [0.1, 0.15) is 20.7 Å². The minimum atomic E-state index is -0.544. The van der Waals surface area contributed by atoms with Gasteiger partial charge in [-0.15, -0.1) is 0 Å². The predicted octanol–water partition coefficient (Wildman–Crippen LogP) is 2.15. The molecule has 0 aliphatic heterocycles. The Hall–Kier alpha value is -2.62. The summed E-state index contributed by atoms with van der Waals surface area (Å²) in [5.41, 5.74) is 7.79. The second-order valence-electron chi connectivity index (χ2n) is 4.69. The number of carbonyl (C=O) groups is 2. The van der Waals surface area contributed by atoms with Gasteiger partial charge in [-0.25, -0.2) is 0 Å². The lowest BCUT2D eigenvalue weighted by Gasteiger charge is -2.15. The lowest BCUT2D eigenvalue weighted by atomic mass is 9.96. The van der Waals surface area contributed by atoms with Crippen LogP contribution in [0.15, 0.2) is 48.5 Å². The van der Waals surface area contributed by atoms with E-state index < -0.39 is 5.91 Å². The van der Waals surface area contributed by atoms with Crippen molar-refractivity contribution in [3.63, 3.8) is 0 Å². The van der Waals surface area contributed by atoms with Crippen LogP contribution in [0.2, 0.25) is 0 Å². The van der Waals surface area contributed by atoms with Gasteiger partial charge in [0.1, 0.15) is 0 Å². The first-order chi connectivity index (χ1) is 9.50. The number of hydrogen-bond acceptors (Lipinski definition) is 2. The molecule has 0 aliphatic carbocycles. The Kier molecular flexibility index (Phi) is 3.84. The molecule has 0 saturated heterocycles. The van der Waals surface area contributed by atoms with Crippen molar-refractivity contribution in [1.29, 1.82) is 0 Å². The molecule has 0 aliphatic rings. The normalized spacial score (nSPS) is 10.1. The van der Waals surface area contributed by atoms with Gasteiger partial charge in [0.2, 0.25) is 5.91 Å². The SMILES string of the molecule is CN(C)C(=O)c1cc(C(N)=O)ccc1-c1ccccc1. The highest BCUT2D eigenvalue weighted by Gasteiger charge is 2.16. The van der Waals surface area contributed by atoms with Crippen LogP contribution >= 0.6 is 0 Å². The first kappa shape index (κ1) is 13.8. The summed E-state index contributed by atoms with van der Waals surface area (Å²) in [4.78, 5) is 25.1. The minimum absolute atomic E-state index is 0.160. The number of nitrogens with two attached hydrogens (primary N) is 1. The summed E-state index contributed by atoms with van der Waals surface area (Å²) in [5, 5.41) is 0. The predicted molar refractivity (Wildman–Crippen MR) is 78.4 cm³/mol. The van der Waals surface area contributed by atoms with E-state index in [9.17, 15) is 9.59 Å². The second kappa shape index (κ2) is 5.57. The molecule has 102 valence electrons. The highest BCUT2D eigenvalue weighted by molar-refractivity contribution is 6.03. The van der Waals surface area contributed by atoms with Crippen LogP contribution in [0.4, 0.5) is 0 Å². The van der Waals surface area contributed by atoms with Crippen molar-refractivity contribution >= 4 is 11.8 Å². The molecule has 0 spiro atoms. The van der Waals surface area contributed by atoms with Crippen molar-refractivity contribution < 1.29 is 9.59 Å². The highest BCUT2D eigenvalue weighted by Crippen LogP contribution is 2.25. The van der Waals surface area contributed by atoms with Gasteiger partial charge in [0, 0.05) is 25.2 Å². The maximum Gasteiger partial charge on any atom is 0.253 e. The topological polar surface area (TPSA) is 63.4 Å². The number of carbonyl (C=O) groups excluding carboxylic acids is 2. The summed E-state index contributed by atoms with van der Waals surface area (Å²) in [5.74, 6) is -0.704. The molecule has 0 aromatic heterocycles. The van der Waals surface area contributed by atoms with Crippen LogP contribution in [0.5, 0.6) is 0 Å². The third-order valence-electron chi connectivity index (χ3n) is 3.03. The molecule has 2 amide bonds. The lowest BCUT2D eigenvalue weighted by molar-refractivity contribution is 0.0828. The average molecular weight is 268 g/mol. The van der Waals surface area contributed by atoms with Crippen molar-refractivity contribution in [2.45, 2.75) is 0 Å². The Labute approximate surface area is 117 Å². The van der Waals surface area contributed by atoms with Crippen LogP contribution < -0.4 is 5.73 Å². The minimum Gasteiger partial charge on any atom is -0.366 e. The summed E-state index contributed by atoms with van der Waals surface area (Å²) in [6, 6.07) is 14.5. The lowest BCUT2D eigenvalue weighted by Crippen LogP contribution is -2.23. The molecule has 2 aromatic carbocycles. The Morgan fingerprint density at radius 1 is 1.00 bits per heavy atom. The second-order valence-corrected chi connectivity index (χ2v) is 4.69. The number of primary amides is 1. The standard InChI is InChI=1S/C16H16N2O2/c1-18(2)16(20)14-10-12(15(17)19)8-9-13(14)11-6-4-3-5-7-11/h3-10H,1-2H3,(H2,17,19). The Morgan fingerprint density at radius 3 is 2.20 bits per heavy atom. The van der Waals surface area contributed by atoms with E-state index in [1.165, 1.54) is 4.90 Å². The molecular weight excluding hydrogens is 252 g/mol. The highest BCUT2D eigenvalue weighted by atomic mass is 16.2. The zero-order valence-electron chi connectivity index (χ0n) is 11.5. The zero-order chi connectivity index (χ0) is 14.7. The van der Waals surface area contributed by atoms with Gasteiger partial charge in [0.25, 0.3) is 5.91 Å². The summed E-state index contributed by atoms with van der Waals surface area (Å²) in [6.45, 7) is 0. The van der Waals surface area contributed by atoms with Crippen LogP contribution in [0.3, 0.4) is 0 Å². The average Bonchev–Trinajstić information content (AvgIpc) is 2.46. The maximum absolute atomic E-state index is 12.3. The summed E-state index contributed by atoms with van der Waals surface area (Å²) >= 11 is 0. The summed E-state index contributed by atoms with van der Waals surface area (Å²) in [6.07, 6.45) is 0. The van der Waals surface area contributed by atoms with Crippen LogP contribution in [-0.2, 0) is 0 Å². The van der Waals surface area contributed by atoms with Crippen LogP contribution in [0.25, 0.3) is 11.1 Å². The molecule has 4 nitrogen and oxygen atoms in total. The van der Waals surface area contributed by atoms with Crippen molar-refractivity contribution in [3.05, 3.63) is 59.7 Å². The zero-order valence-corrected chi connectivity index (χ0v) is 11.5. The van der Waals surface area contributed by atoms with Gasteiger partial charge in [-0.2, -0.15) is 0 Å². The number of nitrogens with zero attached hydrogens (tertiary/aromatic N) is 1. The van der Waals surface area contributed by atoms with E-state index in [0.717, 1.165) is 11.1 Å². The van der Waals surface area contributed by atoms with Gasteiger partial charge in [0.05, 0.1) is 0 Å². The molecule has 0 radical (unpaired) electrons. The van der Waals surface area contributed by atoms with Gasteiger partial charge in [0.15, 0.2) is 0 Å². The van der Waals surface area contributed by atoms with Crippen molar-refractivity contribution in [1.82, 2.24) is 4.90 Å². The molecule has 2 N–H and O–H groups in total. The van der Waals surface area contributed by atoms with Crippen molar-refractivity contribution in [3.8, 4) is 11.1 Å². The van der Waals surface area contributed by atoms with Gasteiger partial charge in [-0.3, -0.25) is 9.59 Å². The number of benzene rings is 2. The van der Waals surface area contributed by atoms with Gasteiger partial charge < -0.3 is 10.6 Å². The molecule has 0 fully saturated rings. The van der Waals surface area contributed by atoms with E-state index in [1.54, 1.807) is 32.3 Å². The molecular formula is C16H16N2O2. The molecule has 2 rings (SSSR count). The summed E-state index contributed by atoms with van der Waals surface area (Å²) < 4.78 is 0. The Morgan fingerprint density at radius 2 is 1.65 bits per heavy atom. The Bertz CT molecular complexity index is 649. The fourth-order valence-electron chi connectivity index (χ4n) is 1.98. The molecule has 20 heavy (non-hydrogen) atoms. The molecule has 2 aromatic rings. The first-order valence-corrected chi connectivity index (χ1v) is 6.21. The summed E-state index contributed by atoms with van der Waals surface area (Å²) in [7, 11) is 3.35. The van der Waals surface area contributed by atoms with E-state index in [4.69, 9.17) is 5.73 Å². The molecule has 0 atom stereocenters. The molecule has 4 heteroatoms. The first-order valence-electron chi connectivity index (χ1n) is 6.21. The van der Waals surface area contributed by atoms with Gasteiger partial charge in [-0.05, 0) is 23.3 Å². The fraction of sp³-hybridized carbons (Fsp3) is 0.125. The number of hydrogen-bond donors (Lipinski definition) is 1. The molecule has 0 heterocycles. The van der Waals surface area contributed by atoms with Crippen LogP contribution in [-0.4, -0.2) is 30.8 Å². The number of amides is 2. The largest absolute Gasteiger partial charge is 0.366 e. The molecule has 0 saturated carbocycles. The smallest absolute Gasteiger partial charge is 0.253 e. The van der Waals surface area contributed by atoms with Gasteiger partial charge in [-0.1, -0.05) is 36.4 Å². The van der Waals surface area contributed by atoms with E-state index in [0.29, 0.717) is 11.1 Å². The molecule has 0 unspecified atom stereocenters. The van der Waals surface area contributed by atoms with Gasteiger partial charge >= 0.3 is 0 Å². The van der Waals surface area contributed by atoms with E-state index in [2.05, 4.69) is 0 Å². The van der Waals surface area contributed by atoms with E-state index >= 15 is 0 Å². The van der Waals surface area contributed by atoms with Crippen LogP contribution in [0, 0.1) is 0 Å². The Balaban J connectivity index is 2.62. The molecule has 0 bridgehead atoms. The maximum atomic E-state index is 12.3. The van der Waals surface area contributed by atoms with Crippen molar-refractivity contribution in [2.75, 3.05) is 14.1 Å².